The fourth-order valence-electron chi connectivity index (χ4n) is 1.71. The highest BCUT2D eigenvalue weighted by atomic mass is 19.1. The molecule has 2 aromatic rings. The monoisotopic (exact) mass is 262 g/mol. The molecule has 0 spiro atoms. The van der Waals surface area contributed by atoms with E-state index in [-0.39, 0.29) is 17.6 Å². The Hall–Kier alpha value is -2.17. The van der Waals surface area contributed by atoms with Crippen molar-refractivity contribution >= 4 is 5.97 Å². The van der Waals surface area contributed by atoms with Gasteiger partial charge in [-0.3, -0.25) is 0 Å². The Morgan fingerprint density at radius 1 is 1.37 bits per heavy atom. The fourth-order valence-corrected chi connectivity index (χ4v) is 1.71. The molecule has 0 aliphatic heterocycles. The number of nitrogens with one attached hydrogen (secondary N) is 1. The van der Waals surface area contributed by atoms with Crippen molar-refractivity contribution in [3.05, 3.63) is 41.5 Å². The molecule has 100 valence electrons. The van der Waals surface area contributed by atoms with Crippen molar-refractivity contribution in [3.63, 3.8) is 0 Å². The standard InChI is InChI=1S/C14H15FN2O2/c1-8(2)19-14(18)12-9(3)16-13(17-12)10-6-4-5-7-11(10)15/h4-8H,1-3H3,(H,16,17). The number of hydrogen-bond acceptors (Lipinski definition) is 3. The third kappa shape index (κ3) is 2.81. The molecule has 0 aliphatic rings. The van der Waals surface area contributed by atoms with Crippen molar-refractivity contribution in [2.24, 2.45) is 0 Å². The molecule has 1 aromatic heterocycles. The summed E-state index contributed by atoms with van der Waals surface area (Å²) in [7, 11) is 0. The Morgan fingerprint density at radius 2 is 2.05 bits per heavy atom. The fraction of sp³-hybridized carbons (Fsp3) is 0.286. The van der Waals surface area contributed by atoms with Crippen LogP contribution in [0.15, 0.2) is 24.3 Å². The number of benzene rings is 1. The second kappa shape index (κ2) is 5.22. The summed E-state index contributed by atoms with van der Waals surface area (Å²) in [5.74, 6) is -0.572. The van der Waals surface area contributed by atoms with Crippen molar-refractivity contribution in [1.29, 1.82) is 0 Å². The van der Waals surface area contributed by atoms with Gasteiger partial charge in [-0.2, -0.15) is 0 Å². The number of ether oxygens (including phenoxy) is 1. The largest absolute Gasteiger partial charge is 0.458 e. The Kier molecular flexibility index (Phi) is 3.64. The predicted molar refractivity (Wildman–Crippen MR) is 69.3 cm³/mol. The minimum absolute atomic E-state index is 0.187. The van der Waals surface area contributed by atoms with Crippen LogP contribution in [0.3, 0.4) is 0 Å². The van der Waals surface area contributed by atoms with Crippen LogP contribution in [-0.4, -0.2) is 22.0 Å². The maximum Gasteiger partial charge on any atom is 0.359 e. The van der Waals surface area contributed by atoms with Crippen LogP contribution < -0.4 is 0 Å². The number of carbonyl (C=O) groups is 1. The van der Waals surface area contributed by atoms with E-state index in [2.05, 4.69) is 9.97 Å². The van der Waals surface area contributed by atoms with Gasteiger partial charge in [-0.1, -0.05) is 12.1 Å². The molecule has 0 saturated carbocycles. The molecule has 0 amide bonds. The second-order valence-electron chi connectivity index (χ2n) is 4.49. The van der Waals surface area contributed by atoms with Gasteiger partial charge in [0.05, 0.1) is 11.7 Å². The van der Waals surface area contributed by atoms with E-state index in [9.17, 15) is 9.18 Å². The van der Waals surface area contributed by atoms with E-state index in [0.717, 1.165) is 0 Å². The van der Waals surface area contributed by atoms with Crippen molar-refractivity contribution in [2.45, 2.75) is 26.9 Å². The summed E-state index contributed by atoms with van der Waals surface area (Å²) in [6, 6.07) is 6.26. The number of H-pyrrole nitrogens is 1. The first-order valence-corrected chi connectivity index (χ1v) is 6.01. The van der Waals surface area contributed by atoms with Gasteiger partial charge in [0.2, 0.25) is 0 Å². The van der Waals surface area contributed by atoms with E-state index in [4.69, 9.17) is 4.74 Å². The van der Waals surface area contributed by atoms with Gasteiger partial charge in [-0.25, -0.2) is 14.2 Å². The van der Waals surface area contributed by atoms with Crippen molar-refractivity contribution < 1.29 is 13.9 Å². The summed E-state index contributed by atoms with van der Waals surface area (Å²) in [6.45, 7) is 5.23. The van der Waals surface area contributed by atoms with Crippen molar-refractivity contribution in [3.8, 4) is 11.4 Å². The van der Waals surface area contributed by atoms with Crippen LogP contribution in [0.5, 0.6) is 0 Å². The highest BCUT2D eigenvalue weighted by Gasteiger charge is 2.19. The summed E-state index contributed by atoms with van der Waals surface area (Å²) in [4.78, 5) is 18.8. The van der Waals surface area contributed by atoms with Crippen molar-refractivity contribution in [2.75, 3.05) is 0 Å². The molecule has 19 heavy (non-hydrogen) atoms. The van der Waals surface area contributed by atoms with Gasteiger partial charge in [0, 0.05) is 5.69 Å². The smallest absolute Gasteiger partial charge is 0.359 e. The Morgan fingerprint density at radius 3 is 2.68 bits per heavy atom. The number of halogens is 1. The molecule has 0 aliphatic carbocycles. The van der Waals surface area contributed by atoms with Gasteiger partial charge in [0.1, 0.15) is 11.6 Å². The molecular weight excluding hydrogens is 247 g/mol. The maximum absolute atomic E-state index is 13.7. The minimum atomic E-state index is -0.508. The Bertz CT molecular complexity index is 605. The molecular formula is C14H15FN2O2. The number of rotatable bonds is 3. The highest BCUT2D eigenvalue weighted by molar-refractivity contribution is 5.89. The molecule has 0 atom stereocenters. The maximum atomic E-state index is 13.7. The summed E-state index contributed by atoms with van der Waals surface area (Å²) < 4.78 is 18.7. The molecule has 2 rings (SSSR count). The number of imidazole rings is 1. The first-order valence-electron chi connectivity index (χ1n) is 6.01. The third-order valence-electron chi connectivity index (χ3n) is 2.55. The number of aryl methyl sites for hydroxylation is 1. The average molecular weight is 262 g/mol. The molecule has 0 unspecified atom stereocenters. The van der Waals surface area contributed by atoms with Crippen LogP contribution in [0.1, 0.15) is 30.0 Å². The van der Waals surface area contributed by atoms with Crippen LogP contribution in [-0.2, 0) is 4.74 Å². The SMILES string of the molecule is Cc1[nH]c(-c2ccccc2F)nc1C(=O)OC(C)C. The first kappa shape index (κ1) is 13.3. The van der Waals surface area contributed by atoms with Crippen LogP contribution in [0.4, 0.5) is 4.39 Å². The van der Waals surface area contributed by atoms with Crippen LogP contribution in [0, 0.1) is 12.7 Å². The number of hydrogen-bond donors (Lipinski definition) is 1. The van der Waals surface area contributed by atoms with E-state index in [1.807, 2.05) is 0 Å². The second-order valence-corrected chi connectivity index (χ2v) is 4.49. The van der Waals surface area contributed by atoms with Gasteiger partial charge in [-0.15, -0.1) is 0 Å². The Balaban J connectivity index is 2.37. The average Bonchev–Trinajstić information content (AvgIpc) is 2.71. The number of esters is 1. The number of aromatic nitrogens is 2. The van der Waals surface area contributed by atoms with E-state index >= 15 is 0 Å². The van der Waals surface area contributed by atoms with Gasteiger partial charge in [-0.05, 0) is 32.9 Å². The normalized spacial score (nSPS) is 10.8. The van der Waals surface area contributed by atoms with E-state index in [1.54, 1.807) is 39.0 Å². The molecule has 1 heterocycles. The lowest BCUT2D eigenvalue weighted by Crippen LogP contribution is -2.13. The molecule has 4 nitrogen and oxygen atoms in total. The van der Waals surface area contributed by atoms with E-state index in [1.165, 1.54) is 6.07 Å². The molecule has 0 fully saturated rings. The summed E-state index contributed by atoms with van der Waals surface area (Å²) in [5, 5.41) is 0. The van der Waals surface area contributed by atoms with Crippen LogP contribution in [0.25, 0.3) is 11.4 Å². The highest BCUT2D eigenvalue weighted by Crippen LogP contribution is 2.21. The topological polar surface area (TPSA) is 55.0 Å². The minimum Gasteiger partial charge on any atom is -0.458 e. The van der Waals surface area contributed by atoms with Gasteiger partial charge in [0.25, 0.3) is 0 Å². The molecule has 0 radical (unpaired) electrons. The Labute approximate surface area is 110 Å². The van der Waals surface area contributed by atoms with E-state index in [0.29, 0.717) is 17.1 Å². The van der Waals surface area contributed by atoms with Gasteiger partial charge < -0.3 is 9.72 Å². The summed E-state index contributed by atoms with van der Waals surface area (Å²) in [5.41, 5.74) is 1.07. The lowest BCUT2D eigenvalue weighted by atomic mass is 10.2. The lowest BCUT2D eigenvalue weighted by Gasteiger charge is -2.05. The van der Waals surface area contributed by atoms with Crippen LogP contribution >= 0.6 is 0 Å². The predicted octanol–water partition coefficient (Wildman–Crippen LogP) is 3.09. The lowest BCUT2D eigenvalue weighted by molar-refractivity contribution is 0.0370. The van der Waals surface area contributed by atoms with Crippen molar-refractivity contribution in [1.82, 2.24) is 9.97 Å². The molecule has 1 N–H and O–H groups in total. The molecule has 1 aromatic carbocycles. The number of nitrogens with zero attached hydrogens (tertiary/aromatic N) is 1. The number of carbonyl (C=O) groups excluding carboxylic acids is 1. The summed E-state index contributed by atoms with van der Waals surface area (Å²) >= 11 is 0. The quantitative estimate of drug-likeness (QED) is 0.865. The number of aromatic amines is 1. The van der Waals surface area contributed by atoms with Crippen LogP contribution in [0.2, 0.25) is 0 Å². The molecule has 0 saturated heterocycles. The zero-order valence-corrected chi connectivity index (χ0v) is 11.0. The van der Waals surface area contributed by atoms with Gasteiger partial charge >= 0.3 is 5.97 Å². The van der Waals surface area contributed by atoms with E-state index < -0.39 is 5.97 Å². The molecule has 5 heteroatoms. The summed E-state index contributed by atoms with van der Waals surface area (Å²) in [6.07, 6.45) is -0.222. The van der Waals surface area contributed by atoms with Gasteiger partial charge in [0.15, 0.2) is 5.69 Å². The third-order valence-corrected chi connectivity index (χ3v) is 2.55. The molecule has 0 bridgehead atoms. The zero-order chi connectivity index (χ0) is 14.0. The first-order chi connectivity index (χ1) is 8.99. The zero-order valence-electron chi connectivity index (χ0n) is 11.0.